The van der Waals surface area contributed by atoms with Gasteiger partial charge in [0.2, 0.25) is 0 Å². The molecule has 122 valence electrons. The van der Waals surface area contributed by atoms with Crippen LogP contribution >= 0.6 is 0 Å². The summed E-state index contributed by atoms with van der Waals surface area (Å²) in [7, 11) is 0. The number of H-pyrrole nitrogens is 1. The van der Waals surface area contributed by atoms with Crippen LogP contribution in [0.4, 0.5) is 5.69 Å². The number of carbonyl (C=O) groups is 2. The number of Topliss-reactive ketones (excluding diaryl/α,β-unsaturated/α-hetero) is 1. The van der Waals surface area contributed by atoms with Crippen molar-refractivity contribution in [2.24, 2.45) is 0 Å². The molecule has 0 aliphatic rings. The zero-order valence-corrected chi connectivity index (χ0v) is 13.8. The largest absolute Gasteiger partial charge is 0.370 e. The number of hydrogen-bond donors (Lipinski definition) is 2. The molecule has 5 nitrogen and oxygen atoms in total. The molecule has 2 rings (SSSR count). The molecule has 2 N–H and O–H groups in total. The Kier molecular flexibility index (Phi) is 5.57. The molecule has 0 aliphatic heterocycles. The van der Waals surface area contributed by atoms with E-state index >= 15 is 0 Å². The summed E-state index contributed by atoms with van der Waals surface area (Å²) in [6.45, 7) is 7.77. The van der Waals surface area contributed by atoms with Gasteiger partial charge in [0.15, 0.2) is 5.78 Å². The molecule has 2 aromatic rings. The van der Waals surface area contributed by atoms with Crippen LogP contribution in [0.15, 0.2) is 36.5 Å². The summed E-state index contributed by atoms with van der Waals surface area (Å²) in [4.78, 5) is 28.4. The van der Waals surface area contributed by atoms with Crippen molar-refractivity contribution >= 4 is 17.4 Å². The van der Waals surface area contributed by atoms with Gasteiger partial charge in [-0.1, -0.05) is 12.1 Å². The van der Waals surface area contributed by atoms with Gasteiger partial charge >= 0.3 is 0 Å². The van der Waals surface area contributed by atoms with Crippen molar-refractivity contribution in [3.8, 4) is 0 Å². The van der Waals surface area contributed by atoms with E-state index in [2.05, 4.69) is 47.2 Å². The van der Waals surface area contributed by atoms with E-state index in [9.17, 15) is 9.59 Å². The van der Waals surface area contributed by atoms with Gasteiger partial charge in [-0.3, -0.25) is 9.59 Å². The first-order chi connectivity index (χ1) is 11.0. The lowest BCUT2D eigenvalue weighted by molar-refractivity contribution is 0.0950. The summed E-state index contributed by atoms with van der Waals surface area (Å²) in [6.07, 6.45) is 1.56. The van der Waals surface area contributed by atoms with Gasteiger partial charge < -0.3 is 15.2 Å². The number of ketones is 1. The summed E-state index contributed by atoms with van der Waals surface area (Å²) >= 11 is 0. The van der Waals surface area contributed by atoms with E-state index in [-0.39, 0.29) is 11.7 Å². The third-order valence-corrected chi connectivity index (χ3v) is 3.75. The molecule has 0 radical (unpaired) electrons. The quantitative estimate of drug-likeness (QED) is 0.773. The molecule has 23 heavy (non-hydrogen) atoms. The average molecular weight is 313 g/mol. The number of aromatic nitrogens is 1. The maximum absolute atomic E-state index is 12.1. The number of aryl methyl sites for hydroxylation is 1. The number of likely N-dealkylation sites (N-methyl/N-ethyl adjacent to an activating group) is 1. The molecule has 0 bridgehead atoms. The summed E-state index contributed by atoms with van der Waals surface area (Å²) in [5.74, 6) is -0.255. The SMILES string of the molecule is CCN(CCNC(=O)c1cc(C(C)=O)c[nH]1)c1cccc(C)c1. The van der Waals surface area contributed by atoms with Crippen molar-refractivity contribution in [1.82, 2.24) is 10.3 Å². The van der Waals surface area contributed by atoms with Crippen LogP contribution in [0.3, 0.4) is 0 Å². The van der Waals surface area contributed by atoms with Crippen LogP contribution < -0.4 is 10.2 Å². The fourth-order valence-corrected chi connectivity index (χ4v) is 2.42. The molecule has 5 heteroatoms. The molecule has 1 heterocycles. The van der Waals surface area contributed by atoms with Crippen molar-refractivity contribution in [1.29, 1.82) is 0 Å². The van der Waals surface area contributed by atoms with Gasteiger partial charge in [-0.15, -0.1) is 0 Å². The van der Waals surface area contributed by atoms with Gasteiger partial charge in [0, 0.05) is 37.1 Å². The summed E-state index contributed by atoms with van der Waals surface area (Å²) in [5, 5.41) is 2.88. The van der Waals surface area contributed by atoms with E-state index in [1.54, 1.807) is 12.3 Å². The second-order valence-electron chi connectivity index (χ2n) is 5.53. The van der Waals surface area contributed by atoms with Gasteiger partial charge in [0.25, 0.3) is 5.91 Å². The monoisotopic (exact) mass is 313 g/mol. The number of benzene rings is 1. The first kappa shape index (κ1) is 16.8. The molecule has 1 aromatic heterocycles. The second-order valence-corrected chi connectivity index (χ2v) is 5.53. The Morgan fingerprint density at radius 2 is 2.04 bits per heavy atom. The van der Waals surface area contributed by atoms with E-state index < -0.39 is 0 Å². The first-order valence-electron chi connectivity index (χ1n) is 7.80. The van der Waals surface area contributed by atoms with Crippen molar-refractivity contribution in [2.45, 2.75) is 20.8 Å². The van der Waals surface area contributed by atoms with Crippen molar-refractivity contribution < 1.29 is 9.59 Å². The molecule has 0 spiro atoms. The van der Waals surface area contributed by atoms with E-state index in [1.165, 1.54) is 12.5 Å². The molecule has 0 saturated heterocycles. The number of amides is 1. The van der Waals surface area contributed by atoms with Crippen molar-refractivity contribution in [2.75, 3.05) is 24.5 Å². The summed E-state index contributed by atoms with van der Waals surface area (Å²) in [6, 6.07) is 9.89. The number of nitrogens with one attached hydrogen (secondary N) is 2. The zero-order chi connectivity index (χ0) is 16.8. The van der Waals surface area contributed by atoms with E-state index in [4.69, 9.17) is 0 Å². The third-order valence-electron chi connectivity index (χ3n) is 3.75. The minimum atomic E-state index is -0.196. The molecule has 0 aliphatic carbocycles. The Bertz CT molecular complexity index is 691. The van der Waals surface area contributed by atoms with Gasteiger partial charge in [-0.25, -0.2) is 0 Å². The van der Waals surface area contributed by atoms with Crippen LogP contribution in [0, 0.1) is 6.92 Å². The predicted octanol–water partition coefficient (Wildman–Crippen LogP) is 2.78. The molecule has 0 fully saturated rings. The Labute approximate surface area is 136 Å². The summed E-state index contributed by atoms with van der Waals surface area (Å²) in [5.41, 5.74) is 3.30. The van der Waals surface area contributed by atoms with E-state index in [1.807, 2.05) is 6.07 Å². The van der Waals surface area contributed by atoms with Crippen molar-refractivity contribution in [3.05, 3.63) is 53.3 Å². The highest BCUT2D eigenvalue weighted by Gasteiger charge is 2.11. The van der Waals surface area contributed by atoms with E-state index in [0.29, 0.717) is 17.8 Å². The number of rotatable bonds is 7. The maximum Gasteiger partial charge on any atom is 0.267 e. The van der Waals surface area contributed by atoms with Crippen LogP contribution in [-0.4, -0.2) is 36.3 Å². The molecule has 0 saturated carbocycles. The van der Waals surface area contributed by atoms with Crippen LogP contribution in [0.5, 0.6) is 0 Å². The number of hydrogen-bond acceptors (Lipinski definition) is 3. The zero-order valence-electron chi connectivity index (χ0n) is 13.8. The minimum Gasteiger partial charge on any atom is -0.370 e. The molecule has 1 amide bonds. The van der Waals surface area contributed by atoms with Crippen LogP contribution in [-0.2, 0) is 0 Å². The molecule has 0 unspecified atom stereocenters. The van der Waals surface area contributed by atoms with Gasteiger partial charge in [-0.05, 0) is 44.5 Å². The predicted molar refractivity (Wildman–Crippen MR) is 92.2 cm³/mol. The Hall–Kier alpha value is -2.56. The standard InChI is InChI=1S/C18H23N3O2/c1-4-21(16-7-5-6-13(2)10-16)9-8-19-18(23)17-11-15(12-20-17)14(3)22/h5-7,10-12,20H,4,8-9H2,1-3H3,(H,19,23). The van der Waals surface area contributed by atoms with Gasteiger partial charge in [0.1, 0.15) is 5.69 Å². The number of anilines is 1. The topological polar surface area (TPSA) is 65.2 Å². The fraction of sp³-hybridized carbons (Fsp3) is 0.333. The Morgan fingerprint density at radius 3 is 2.65 bits per heavy atom. The fourth-order valence-electron chi connectivity index (χ4n) is 2.42. The van der Waals surface area contributed by atoms with Gasteiger partial charge in [0.05, 0.1) is 0 Å². The minimum absolute atomic E-state index is 0.0584. The van der Waals surface area contributed by atoms with Crippen molar-refractivity contribution in [3.63, 3.8) is 0 Å². The highest BCUT2D eigenvalue weighted by atomic mass is 16.2. The third kappa shape index (κ3) is 4.45. The van der Waals surface area contributed by atoms with Crippen LogP contribution in [0.25, 0.3) is 0 Å². The van der Waals surface area contributed by atoms with Crippen LogP contribution in [0.1, 0.15) is 40.3 Å². The first-order valence-corrected chi connectivity index (χ1v) is 7.80. The summed E-state index contributed by atoms with van der Waals surface area (Å²) < 4.78 is 0. The van der Waals surface area contributed by atoms with Crippen LogP contribution in [0.2, 0.25) is 0 Å². The molecule has 1 aromatic carbocycles. The lowest BCUT2D eigenvalue weighted by Crippen LogP contribution is -2.35. The lowest BCUT2D eigenvalue weighted by atomic mass is 10.2. The average Bonchev–Trinajstić information content (AvgIpc) is 3.01. The van der Waals surface area contributed by atoms with Gasteiger partial charge in [-0.2, -0.15) is 0 Å². The second kappa shape index (κ2) is 7.63. The Morgan fingerprint density at radius 1 is 1.26 bits per heavy atom. The highest BCUT2D eigenvalue weighted by Crippen LogP contribution is 2.15. The maximum atomic E-state index is 12.1. The smallest absolute Gasteiger partial charge is 0.267 e. The normalized spacial score (nSPS) is 10.4. The molecular weight excluding hydrogens is 290 g/mol. The molecule has 0 atom stereocenters. The number of nitrogens with zero attached hydrogens (tertiary/aromatic N) is 1. The van der Waals surface area contributed by atoms with E-state index in [0.717, 1.165) is 18.8 Å². The number of aromatic amines is 1. The molecular formula is C18H23N3O2. The lowest BCUT2D eigenvalue weighted by Gasteiger charge is -2.23. The number of carbonyl (C=O) groups excluding carboxylic acids is 2. The Balaban J connectivity index is 1.89. The highest BCUT2D eigenvalue weighted by molar-refractivity contribution is 5.99.